The highest BCUT2D eigenvalue weighted by Gasteiger charge is 2.23. The molecular weight excluding hydrogens is 408 g/mol. The smallest absolute Gasteiger partial charge is 0.277 e. The molecule has 2 rings (SSSR count). The van der Waals surface area contributed by atoms with Gasteiger partial charge in [0.25, 0.3) is 10.0 Å². The summed E-state index contributed by atoms with van der Waals surface area (Å²) in [6.07, 6.45) is 1.23. The quantitative estimate of drug-likeness (QED) is 0.784. The van der Waals surface area contributed by atoms with Gasteiger partial charge < -0.3 is 0 Å². The van der Waals surface area contributed by atoms with E-state index in [0.717, 1.165) is 4.68 Å². The number of hydrogen-bond donors (Lipinski definition) is 1. The van der Waals surface area contributed by atoms with Crippen molar-refractivity contribution in [2.45, 2.75) is 5.03 Å². The van der Waals surface area contributed by atoms with Gasteiger partial charge in [-0.15, -0.1) is 0 Å². The van der Waals surface area contributed by atoms with E-state index in [1.807, 2.05) is 0 Å². The minimum absolute atomic E-state index is 0.00131. The Balaban J connectivity index is 2.46. The number of nitrogens with zero attached hydrogens (tertiary/aromatic N) is 2. The van der Waals surface area contributed by atoms with Gasteiger partial charge >= 0.3 is 0 Å². The number of rotatable bonds is 3. The second-order valence-corrected chi connectivity index (χ2v) is 6.71. The first kappa shape index (κ1) is 14.5. The van der Waals surface area contributed by atoms with Gasteiger partial charge in [-0.25, -0.2) is 4.39 Å². The molecule has 2 aromatic rings. The Morgan fingerprint density at radius 3 is 2.74 bits per heavy atom. The molecule has 0 aliphatic carbocycles. The highest BCUT2D eigenvalue weighted by atomic mass is 127. The van der Waals surface area contributed by atoms with Crippen molar-refractivity contribution in [3.63, 3.8) is 0 Å². The molecule has 0 fully saturated rings. The third kappa shape index (κ3) is 2.84. The molecule has 9 heteroatoms. The van der Waals surface area contributed by atoms with Crippen LogP contribution in [0.5, 0.6) is 0 Å². The molecule has 19 heavy (non-hydrogen) atoms. The molecule has 1 aromatic heterocycles. The molecule has 0 saturated heterocycles. The van der Waals surface area contributed by atoms with Gasteiger partial charge in [0, 0.05) is 7.05 Å². The molecule has 0 spiro atoms. The Labute approximate surface area is 128 Å². The topological polar surface area (TPSA) is 64.0 Å². The van der Waals surface area contributed by atoms with Crippen LogP contribution in [0.15, 0.2) is 29.4 Å². The Morgan fingerprint density at radius 1 is 1.47 bits per heavy atom. The second kappa shape index (κ2) is 5.25. The van der Waals surface area contributed by atoms with Gasteiger partial charge in [-0.2, -0.15) is 13.5 Å². The van der Waals surface area contributed by atoms with Gasteiger partial charge in [0.15, 0.2) is 5.03 Å². The lowest BCUT2D eigenvalue weighted by atomic mass is 10.3. The molecule has 5 nitrogen and oxygen atoms in total. The van der Waals surface area contributed by atoms with Crippen LogP contribution < -0.4 is 4.72 Å². The molecule has 0 amide bonds. The highest BCUT2D eigenvalue weighted by molar-refractivity contribution is 14.1. The van der Waals surface area contributed by atoms with Crippen LogP contribution >= 0.6 is 34.2 Å². The van der Waals surface area contributed by atoms with Crippen molar-refractivity contribution in [2.24, 2.45) is 7.05 Å². The monoisotopic (exact) mass is 415 g/mol. The zero-order valence-corrected chi connectivity index (χ0v) is 13.3. The van der Waals surface area contributed by atoms with E-state index < -0.39 is 15.8 Å². The van der Waals surface area contributed by atoms with Gasteiger partial charge in [0.05, 0.1) is 20.5 Å². The maximum atomic E-state index is 13.4. The summed E-state index contributed by atoms with van der Waals surface area (Å²) in [5.74, 6) is -0.503. The largest absolute Gasteiger partial charge is 0.280 e. The van der Waals surface area contributed by atoms with Crippen molar-refractivity contribution in [2.75, 3.05) is 4.72 Å². The maximum Gasteiger partial charge on any atom is 0.280 e. The number of aromatic nitrogens is 2. The van der Waals surface area contributed by atoms with E-state index in [-0.39, 0.29) is 19.3 Å². The molecule has 0 bridgehead atoms. The normalized spacial score (nSPS) is 11.6. The summed E-state index contributed by atoms with van der Waals surface area (Å²) in [5.41, 5.74) is 0.151. The number of benzene rings is 1. The third-order valence-electron chi connectivity index (χ3n) is 2.29. The van der Waals surface area contributed by atoms with E-state index in [1.54, 1.807) is 22.6 Å². The number of aryl methyl sites for hydroxylation is 1. The minimum atomic E-state index is -3.92. The molecule has 0 aliphatic rings. The van der Waals surface area contributed by atoms with Crippen molar-refractivity contribution in [3.05, 3.63) is 38.8 Å². The number of nitrogens with one attached hydrogen (secondary N) is 1. The van der Waals surface area contributed by atoms with Crippen LogP contribution in [0.4, 0.5) is 10.1 Å². The molecule has 0 atom stereocenters. The van der Waals surface area contributed by atoms with E-state index in [9.17, 15) is 12.8 Å². The summed E-state index contributed by atoms with van der Waals surface area (Å²) in [6, 6.07) is 4.13. The average molecular weight is 416 g/mol. The highest BCUT2D eigenvalue weighted by Crippen LogP contribution is 2.26. The number of anilines is 1. The first-order valence-corrected chi connectivity index (χ1v) is 7.91. The Morgan fingerprint density at radius 2 is 2.16 bits per heavy atom. The maximum absolute atomic E-state index is 13.4. The molecule has 0 aliphatic heterocycles. The molecule has 0 saturated carbocycles. The van der Waals surface area contributed by atoms with Gasteiger partial charge in [0.1, 0.15) is 5.82 Å². The van der Waals surface area contributed by atoms with Crippen molar-refractivity contribution < 1.29 is 12.8 Å². The molecule has 1 aromatic carbocycles. The van der Waals surface area contributed by atoms with Gasteiger partial charge in [-0.3, -0.25) is 9.40 Å². The fourth-order valence-corrected chi connectivity index (χ4v) is 3.89. The Hall–Kier alpha value is -0.870. The van der Waals surface area contributed by atoms with Gasteiger partial charge in [0.2, 0.25) is 0 Å². The number of sulfonamides is 1. The fourth-order valence-electron chi connectivity index (χ4n) is 1.48. The SMILES string of the molecule is Cn1ncc(Cl)c1S(=O)(=O)Nc1cccc(F)c1I. The van der Waals surface area contributed by atoms with Crippen LogP contribution in [0.2, 0.25) is 5.02 Å². The summed E-state index contributed by atoms with van der Waals surface area (Å²) in [7, 11) is -2.47. The third-order valence-corrected chi connectivity index (χ3v) is 5.26. The summed E-state index contributed by atoms with van der Waals surface area (Å²) in [6.45, 7) is 0. The average Bonchev–Trinajstić information content (AvgIpc) is 2.65. The first-order chi connectivity index (χ1) is 8.83. The predicted molar refractivity (Wildman–Crippen MR) is 78.1 cm³/mol. The van der Waals surface area contributed by atoms with E-state index in [4.69, 9.17) is 11.6 Å². The van der Waals surface area contributed by atoms with Crippen molar-refractivity contribution in [1.82, 2.24) is 9.78 Å². The van der Waals surface area contributed by atoms with Crippen LogP contribution in [0, 0.1) is 9.39 Å². The lowest BCUT2D eigenvalue weighted by Crippen LogP contribution is -2.18. The number of hydrogen-bond acceptors (Lipinski definition) is 3. The van der Waals surface area contributed by atoms with Crippen LogP contribution in [0.25, 0.3) is 0 Å². The minimum Gasteiger partial charge on any atom is -0.277 e. The van der Waals surface area contributed by atoms with E-state index >= 15 is 0 Å². The molecule has 0 unspecified atom stereocenters. The van der Waals surface area contributed by atoms with Gasteiger partial charge in [-0.1, -0.05) is 17.7 Å². The lowest BCUT2D eigenvalue weighted by Gasteiger charge is -2.10. The Bertz CT molecular complexity index is 713. The van der Waals surface area contributed by atoms with Crippen LogP contribution in [-0.2, 0) is 17.1 Å². The van der Waals surface area contributed by atoms with Crippen molar-refractivity contribution in [3.8, 4) is 0 Å². The van der Waals surface area contributed by atoms with Crippen LogP contribution in [-0.4, -0.2) is 18.2 Å². The van der Waals surface area contributed by atoms with Crippen molar-refractivity contribution >= 4 is 49.9 Å². The summed E-state index contributed by atoms with van der Waals surface area (Å²) in [4.78, 5) is 0. The van der Waals surface area contributed by atoms with Gasteiger partial charge in [-0.05, 0) is 34.7 Å². The van der Waals surface area contributed by atoms with E-state index in [2.05, 4.69) is 9.82 Å². The zero-order valence-electron chi connectivity index (χ0n) is 9.56. The summed E-state index contributed by atoms with van der Waals surface area (Å²) < 4.78 is 41.3. The molecule has 0 radical (unpaired) electrons. The Kier molecular flexibility index (Phi) is 4.02. The number of halogens is 3. The molecular formula is C10H8ClFIN3O2S. The van der Waals surface area contributed by atoms with E-state index in [1.165, 1.54) is 31.4 Å². The van der Waals surface area contributed by atoms with Crippen LogP contribution in [0.3, 0.4) is 0 Å². The zero-order chi connectivity index (χ0) is 14.2. The predicted octanol–water partition coefficient (Wildman–Crippen LogP) is 2.62. The summed E-state index contributed by atoms with van der Waals surface area (Å²) >= 11 is 7.51. The first-order valence-electron chi connectivity index (χ1n) is 4.97. The molecule has 102 valence electrons. The van der Waals surface area contributed by atoms with E-state index in [0.29, 0.717) is 0 Å². The van der Waals surface area contributed by atoms with Crippen molar-refractivity contribution in [1.29, 1.82) is 0 Å². The standard InChI is InChI=1S/C10H8ClFIN3O2S/c1-16-10(6(11)5-14-16)19(17,18)15-8-4-2-3-7(12)9(8)13/h2-5,15H,1H3. The molecule has 1 N–H and O–H groups in total. The fraction of sp³-hybridized carbons (Fsp3) is 0.100. The lowest BCUT2D eigenvalue weighted by molar-refractivity contribution is 0.582. The summed E-state index contributed by atoms with van der Waals surface area (Å²) in [5, 5.41) is 3.58. The molecule has 1 heterocycles. The van der Waals surface area contributed by atoms with Crippen LogP contribution in [0.1, 0.15) is 0 Å². The second-order valence-electron chi connectivity index (χ2n) is 3.63.